The van der Waals surface area contributed by atoms with Crippen molar-refractivity contribution in [1.82, 2.24) is 14.9 Å². The van der Waals surface area contributed by atoms with E-state index in [1.165, 1.54) is 0 Å². The summed E-state index contributed by atoms with van der Waals surface area (Å²) in [6, 6.07) is 7.98. The molecule has 144 valence electrons. The minimum atomic E-state index is -0.469. The number of carbonyl (C=O) groups is 1. The predicted molar refractivity (Wildman–Crippen MR) is 108 cm³/mol. The molecule has 7 heteroatoms. The molecule has 1 aromatic carbocycles. The highest BCUT2D eigenvalue weighted by Crippen LogP contribution is 2.54. The van der Waals surface area contributed by atoms with Crippen molar-refractivity contribution in [2.45, 2.75) is 44.4 Å². The molecule has 6 nitrogen and oxygen atoms in total. The normalized spacial score (nSPS) is 25.7. The smallest absolute Gasteiger partial charge is 0.269 e. The molecule has 2 aliphatic carbocycles. The molecule has 0 fully saturated rings. The van der Waals surface area contributed by atoms with Gasteiger partial charge in [0.05, 0.1) is 17.6 Å². The quantitative estimate of drug-likeness (QED) is 0.654. The molecule has 2 N–H and O–H groups in total. The number of rotatable bonds is 2. The van der Waals surface area contributed by atoms with Gasteiger partial charge in [-0.05, 0) is 49.4 Å². The van der Waals surface area contributed by atoms with E-state index in [1.54, 1.807) is 0 Å². The van der Waals surface area contributed by atoms with Gasteiger partial charge in [0.15, 0.2) is 5.69 Å². The highest BCUT2D eigenvalue weighted by molar-refractivity contribution is 9.10. The summed E-state index contributed by atoms with van der Waals surface area (Å²) in [5.41, 5.74) is 10.1. The Morgan fingerprint density at radius 1 is 1.36 bits per heavy atom. The van der Waals surface area contributed by atoms with Crippen LogP contribution in [0.25, 0.3) is 5.69 Å². The van der Waals surface area contributed by atoms with Crippen LogP contribution in [0.4, 0.5) is 0 Å². The second kappa shape index (κ2) is 6.04. The van der Waals surface area contributed by atoms with Crippen LogP contribution in [0, 0.1) is 5.92 Å². The fraction of sp³-hybridized carbons (Fsp3) is 0.381. The average molecular weight is 441 g/mol. The summed E-state index contributed by atoms with van der Waals surface area (Å²) >= 11 is 3.49. The number of nitrogens with zero attached hydrogens (tertiary/aromatic N) is 3. The van der Waals surface area contributed by atoms with Gasteiger partial charge in [0.25, 0.3) is 5.91 Å². The van der Waals surface area contributed by atoms with Crippen molar-refractivity contribution in [2.75, 3.05) is 0 Å². The number of carbonyl (C=O) groups excluding carboxylic acids is 1. The number of fused-ring (bicyclic) bond motifs is 4. The molecular formula is C21H21BrN4O2. The highest BCUT2D eigenvalue weighted by atomic mass is 79.9. The molecule has 0 saturated carbocycles. The Labute approximate surface area is 171 Å². The lowest BCUT2D eigenvalue weighted by Crippen LogP contribution is -2.45. The first-order valence-corrected chi connectivity index (χ1v) is 10.3. The first-order chi connectivity index (χ1) is 13.4. The number of amides is 1. The summed E-state index contributed by atoms with van der Waals surface area (Å²) in [5, 5.41) is 8.73. The van der Waals surface area contributed by atoms with Crippen molar-refractivity contribution in [3.8, 4) is 5.69 Å². The Morgan fingerprint density at radius 2 is 2.11 bits per heavy atom. The summed E-state index contributed by atoms with van der Waals surface area (Å²) in [6.45, 7) is 4.50. The zero-order chi connectivity index (χ0) is 19.6. The van der Waals surface area contributed by atoms with Crippen LogP contribution < -0.4 is 5.73 Å². The lowest BCUT2D eigenvalue weighted by molar-refractivity contribution is 0.0993. The number of primary amides is 1. The predicted octanol–water partition coefficient (Wildman–Crippen LogP) is 3.90. The number of hydrogen-bond acceptors (Lipinski definition) is 4. The minimum absolute atomic E-state index is 0.181. The third-order valence-electron chi connectivity index (χ3n) is 6.60. The molecule has 3 aromatic rings. The lowest BCUT2D eigenvalue weighted by atomic mass is 9.56. The maximum atomic E-state index is 12.2. The fourth-order valence-corrected chi connectivity index (χ4v) is 5.67. The maximum absolute atomic E-state index is 12.2. The first kappa shape index (κ1) is 17.7. The van der Waals surface area contributed by atoms with Crippen LogP contribution in [0.2, 0.25) is 0 Å². The number of halogens is 1. The molecular weight excluding hydrogens is 420 g/mol. The molecule has 1 amide bonds. The van der Waals surface area contributed by atoms with Gasteiger partial charge in [-0.2, -0.15) is 5.10 Å². The monoisotopic (exact) mass is 440 g/mol. The topological polar surface area (TPSA) is 86.9 Å². The van der Waals surface area contributed by atoms with Crippen LogP contribution in [0.3, 0.4) is 0 Å². The van der Waals surface area contributed by atoms with E-state index < -0.39 is 5.91 Å². The van der Waals surface area contributed by atoms with Gasteiger partial charge < -0.3 is 10.3 Å². The molecule has 0 saturated heterocycles. The Kier molecular flexibility index (Phi) is 3.81. The fourth-order valence-electron chi connectivity index (χ4n) is 5.41. The van der Waals surface area contributed by atoms with E-state index in [2.05, 4.69) is 40.0 Å². The standard InChI is InChI=1S/C21H21BrN4O2/c1-11-16-8-7-15-17(20(23)27)25-26(14-5-3-13(22)4-6-14)19(15)21(16,2)9-12-10-24-28-18(11)12/h3-6,10-11,16H,7-9H2,1-2H3,(H2,23,27)/t11-,16-,21-/m1/s1. The number of aromatic nitrogens is 3. The third-order valence-corrected chi connectivity index (χ3v) is 7.13. The number of nitrogens with two attached hydrogens (primary N) is 1. The highest BCUT2D eigenvalue weighted by Gasteiger charge is 2.51. The zero-order valence-electron chi connectivity index (χ0n) is 15.8. The average Bonchev–Trinajstić information content (AvgIpc) is 3.27. The molecule has 0 aliphatic heterocycles. The summed E-state index contributed by atoms with van der Waals surface area (Å²) < 4.78 is 8.50. The third kappa shape index (κ3) is 2.35. The van der Waals surface area contributed by atoms with Crippen molar-refractivity contribution in [3.05, 3.63) is 63.2 Å². The van der Waals surface area contributed by atoms with Gasteiger partial charge in [0.2, 0.25) is 0 Å². The van der Waals surface area contributed by atoms with Crippen molar-refractivity contribution in [2.24, 2.45) is 11.7 Å². The number of benzene rings is 1. The Bertz CT molecular complexity index is 1080. The van der Waals surface area contributed by atoms with E-state index in [1.807, 2.05) is 35.1 Å². The Morgan fingerprint density at radius 3 is 2.82 bits per heavy atom. The van der Waals surface area contributed by atoms with Crippen molar-refractivity contribution in [3.63, 3.8) is 0 Å². The van der Waals surface area contributed by atoms with Crippen molar-refractivity contribution in [1.29, 1.82) is 0 Å². The van der Waals surface area contributed by atoms with Crippen LogP contribution in [0.5, 0.6) is 0 Å². The van der Waals surface area contributed by atoms with Gasteiger partial charge in [-0.25, -0.2) is 4.68 Å². The van der Waals surface area contributed by atoms with Gasteiger partial charge in [0.1, 0.15) is 5.76 Å². The van der Waals surface area contributed by atoms with E-state index in [0.29, 0.717) is 11.6 Å². The first-order valence-electron chi connectivity index (χ1n) is 9.51. The van der Waals surface area contributed by atoms with Gasteiger partial charge in [-0.3, -0.25) is 4.79 Å². The van der Waals surface area contributed by atoms with Crippen molar-refractivity contribution >= 4 is 21.8 Å². The molecule has 0 spiro atoms. The molecule has 0 unspecified atom stereocenters. The molecule has 2 aromatic heterocycles. The molecule has 28 heavy (non-hydrogen) atoms. The SMILES string of the molecule is C[C@H]1c2oncc2C[C@@]2(C)c3c(c(C(N)=O)nn3-c3ccc(Br)cc3)CC[C@H]12. The second-order valence-electron chi connectivity index (χ2n) is 8.17. The molecule has 5 rings (SSSR count). The molecule has 2 heterocycles. The summed E-state index contributed by atoms with van der Waals surface area (Å²) in [7, 11) is 0. The summed E-state index contributed by atoms with van der Waals surface area (Å²) in [6.07, 6.45) is 4.40. The van der Waals surface area contributed by atoms with E-state index in [4.69, 9.17) is 10.3 Å². The van der Waals surface area contributed by atoms with Crippen molar-refractivity contribution < 1.29 is 9.32 Å². The van der Waals surface area contributed by atoms with E-state index in [-0.39, 0.29) is 11.3 Å². The Balaban J connectivity index is 1.76. The zero-order valence-corrected chi connectivity index (χ0v) is 17.4. The molecule has 2 aliphatic rings. The van der Waals surface area contributed by atoms with Crippen LogP contribution in [-0.2, 0) is 18.3 Å². The van der Waals surface area contributed by atoms with E-state index in [0.717, 1.165) is 52.0 Å². The molecule has 0 bridgehead atoms. The van der Waals surface area contributed by atoms with Gasteiger partial charge in [-0.15, -0.1) is 0 Å². The van der Waals surface area contributed by atoms with Gasteiger partial charge >= 0.3 is 0 Å². The Hall–Kier alpha value is -2.41. The largest absolute Gasteiger partial charge is 0.364 e. The minimum Gasteiger partial charge on any atom is -0.364 e. The van der Waals surface area contributed by atoms with E-state index >= 15 is 0 Å². The van der Waals surface area contributed by atoms with Gasteiger partial charge in [0, 0.05) is 26.9 Å². The number of hydrogen-bond donors (Lipinski definition) is 1. The van der Waals surface area contributed by atoms with Gasteiger partial charge in [-0.1, -0.05) is 34.9 Å². The second-order valence-corrected chi connectivity index (χ2v) is 9.09. The maximum Gasteiger partial charge on any atom is 0.269 e. The summed E-state index contributed by atoms with van der Waals surface area (Å²) in [4.78, 5) is 12.2. The van der Waals surface area contributed by atoms with Crippen LogP contribution >= 0.6 is 15.9 Å². The van der Waals surface area contributed by atoms with Crippen LogP contribution in [0.15, 0.2) is 39.5 Å². The molecule has 3 atom stereocenters. The summed E-state index contributed by atoms with van der Waals surface area (Å²) in [5.74, 6) is 1.17. The van der Waals surface area contributed by atoms with Crippen LogP contribution in [0.1, 0.15) is 59.3 Å². The molecule has 0 radical (unpaired) electrons. The van der Waals surface area contributed by atoms with Crippen LogP contribution in [-0.4, -0.2) is 20.8 Å². The van der Waals surface area contributed by atoms with E-state index in [9.17, 15) is 4.79 Å². The lowest BCUT2D eigenvalue weighted by Gasteiger charge is -2.47.